The van der Waals surface area contributed by atoms with Gasteiger partial charge in [-0.1, -0.05) is 72.3 Å². The lowest BCUT2D eigenvalue weighted by atomic mass is 9.72. The molecule has 4 nitrogen and oxygen atoms in total. The molecule has 0 unspecified atom stereocenters. The van der Waals surface area contributed by atoms with E-state index in [1.807, 2.05) is 24.3 Å². The molecular weight excluding hydrogens is 376 g/mol. The Labute approximate surface area is 178 Å². The van der Waals surface area contributed by atoms with Gasteiger partial charge in [0.2, 0.25) is 0 Å². The summed E-state index contributed by atoms with van der Waals surface area (Å²) in [7, 11) is 2.91. The van der Waals surface area contributed by atoms with E-state index in [0.29, 0.717) is 5.92 Å². The lowest BCUT2D eigenvalue weighted by molar-refractivity contribution is -0.150. The first-order valence-corrected chi connectivity index (χ1v) is 10.5. The highest BCUT2D eigenvalue weighted by molar-refractivity contribution is 5.76. The highest BCUT2D eigenvalue weighted by Crippen LogP contribution is 2.37. The highest BCUT2D eigenvalue weighted by Gasteiger charge is 2.34. The summed E-state index contributed by atoms with van der Waals surface area (Å²) >= 11 is 0. The first-order chi connectivity index (χ1) is 14.6. The third-order valence-electron chi connectivity index (χ3n) is 5.86. The third kappa shape index (κ3) is 6.06. The van der Waals surface area contributed by atoms with Crippen LogP contribution in [0.4, 0.5) is 0 Å². The molecule has 2 aliphatic rings. The minimum absolute atomic E-state index is 0.0423. The predicted molar refractivity (Wildman–Crippen MR) is 118 cm³/mol. The lowest BCUT2D eigenvalue weighted by Gasteiger charge is -2.33. The van der Waals surface area contributed by atoms with E-state index in [0.717, 1.165) is 32.1 Å². The summed E-state index contributed by atoms with van der Waals surface area (Å²) in [5.41, 5.74) is 3.90. The zero-order valence-electron chi connectivity index (χ0n) is 17.8. The molecule has 0 saturated heterocycles. The first-order valence-electron chi connectivity index (χ1n) is 10.5. The maximum absolute atomic E-state index is 11.2. The van der Waals surface area contributed by atoms with E-state index in [2.05, 4.69) is 47.2 Å². The molecule has 2 saturated carbocycles. The van der Waals surface area contributed by atoms with Crippen molar-refractivity contribution in [1.29, 1.82) is 0 Å². The highest BCUT2D eigenvalue weighted by atomic mass is 16.5. The monoisotopic (exact) mass is 406 g/mol. The van der Waals surface area contributed by atoms with E-state index >= 15 is 0 Å². The summed E-state index contributed by atoms with van der Waals surface area (Å²) in [5.74, 6) is 0.782. The van der Waals surface area contributed by atoms with Crippen LogP contribution in [0.15, 0.2) is 66.2 Å². The van der Waals surface area contributed by atoms with Gasteiger partial charge in [-0.05, 0) is 49.1 Å². The molecule has 0 atom stereocenters. The molecule has 4 rings (SSSR count). The molecule has 0 heterocycles. The predicted octanol–water partition coefficient (Wildman–Crippen LogP) is 5.08. The molecule has 2 aliphatic carbocycles. The van der Waals surface area contributed by atoms with E-state index in [1.165, 1.54) is 30.9 Å². The van der Waals surface area contributed by atoms with Gasteiger partial charge in [-0.25, -0.2) is 0 Å². The number of benzene rings is 2. The Morgan fingerprint density at radius 3 is 1.93 bits per heavy atom. The van der Waals surface area contributed by atoms with Crippen molar-refractivity contribution >= 4 is 18.0 Å². The van der Waals surface area contributed by atoms with E-state index in [-0.39, 0.29) is 23.8 Å². The van der Waals surface area contributed by atoms with Crippen molar-refractivity contribution in [1.82, 2.24) is 0 Å². The van der Waals surface area contributed by atoms with Crippen LogP contribution in [-0.4, -0.2) is 26.2 Å². The van der Waals surface area contributed by atoms with Crippen LogP contribution in [0.3, 0.4) is 0 Å². The second kappa shape index (κ2) is 10.8. The van der Waals surface area contributed by atoms with E-state index in [9.17, 15) is 9.59 Å². The standard InChI is InChI=1S/C13H16O2.C13H14O2/c2*1-15-13(14)12-8-11(9-12)7-10-5-3-2-4-6-10/h2-6,11-12H,7-9H2,1H3;2-7,12H,8-9H2,1H3. The van der Waals surface area contributed by atoms with Crippen molar-refractivity contribution in [2.45, 2.75) is 32.1 Å². The van der Waals surface area contributed by atoms with Crippen molar-refractivity contribution in [2.24, 2.45) is 17.8 Å². The Morgan fingerprint density at radius 1 is 0.833 bits per heavy atom. The van der Waals surface area contributed by atoms with Gasteiger partial charge in [0.25, 0.3) is 0 Å². The second-order valence-corrected chi connectivity index (χ2v) is 8.09. The zero-order valence-corrected chi connectivity index (χ0v) is 17.8. The molecule has 0 aliphatic heterocycles. The van der Waals surface area contributed by atoms with E-state index in [4.69, 9.17) is 4.74 Å². The van der Waals surface area contributed by atoms with Crippen LogP contribution < -0.4 is 0 Å². The zero-order chi connectivity index (χ0) is 21.3. The molecule has 0 amide bonds. The molecule has 0 bridgehead atoms. The minimum atomic E-state index is -0.0831. The topological polar surface area (TPSA) is 52.6 Å². The summed E-state index contributed by atoms with van der Waals surface area (Å²) in [5, 5.41) is 0. The van der Waals surface area contributed by atoms with E-state index < -0.39 is 0 Å². The maximum Gasteiger partial charge on any atom is 0.309 e. The molecule has 158 valence electrons. The Morgan fingerprint density at radius 2 is 1.37 bits per heavy atom. The minimum Gasteiger partial charge on any atom is -0.469 e. The van der Waals surface area contributed by atoms with Gasteiger partial charge in [0.15, 0.2) is 0 Å². The van der Waals surface area contributed by atoms with Gasteiger partial charge < -0.3 is 9.47 Å². The molecule has 2 aromatic carbocycles. The van der Waals surface area contributed by atoms with Gasteiger partial charge in [-0.15, -0.1) is 0 Å². The van der Waals surface area contributed by atoms with Crippen LogP contribution in [0.2, 0.25) is 0 Å². The summed E-state index contributed by atoms with van der Waals surface area (Å²) in [6.45, 7) is 0. The van der Waals surface area contributed by atoms with E-state index in [1.54, 1.807) is 0 Å². The average molecular weight is 407 g/mol. The van der Waals surface area contributed by atoms with Crippen LogP contribution in [-0.2, 0) is 25.5 Å². The Bertz CT molecular complexity index is 843. The van der Waals surface area contributed by atoms with Crippen molar-refractivity contribution in [3.63, 3.8) is 0 Å². The van der Waals surface area contributed by atoms with Crippen LogP contribution in [0.25, 0.3) is 6.08 Å². The third-order valence-corrected chi connectivity index (χ3v) is 5.86. The van der Waals surface area contributed by atoms with Crippen molar-refractivity contribution < 1.29 is 19.1 Å². The first kappa shape index (κ1) is 21.8. The number of methoxy groups -OCH3 is 2. The molecule has 4 heteroatoms. The fourth-order valence-electron chi connectivity index (χ4n) is 4.02. The van der Waals surface area contributed by atoms with Crippen LogP contribution in [0.5, 0.6) is 0 Å². The quantitative estimate of drug-likeness (QED) is 0.650. The number of hydrogen-bond donors (Lipinski definition) is 0. The van der Waals surface area contributed by atoms with Gasteiger partial charge in [0.05, 0.1) is 26.1 Å². The Balaban J connectivity index is 0.000000171. The van der Waals surface area contributed by atoms with Gasteiger partial charge in [0.1, 0.15) is 0 Å². The molecule has 0 radical (unpaired) electrons. The number of rotatable bonds is 5. The second-order valence-electron chi connectivity index (χ2n) is 8.09. The molecular formula is C26H30O4. The molecule has 0 N–H and O–H groups in total. The summed E-state index contributed by atoms with van der Waals surface area (Å²) in [4.78, 5) is 22.3. The Hall–Kier alpha value is -2.88. The Kier molecular flexibility index (Phi) is 7.83. The summed E-state index contributed by atoms with van der Waals surface area (Å²) in [6.07, 6.45) is 6.92. The summed E-state index contributed by atoms with van der Waals surface area (Å²) in [6, 6.07) is 20.6. The van der Waals surface area contributed by atoms with Crippen LogP contribution >= 0.6 is 0 Å². The average Bonchev–Trinajstić information content (AvgIpc) is 2.73. The van der Waals surface area contributed by atoms with Gasteiger partial charge in [-0.2, -0.15) is 0 Å². The van der Waals surface area contributed by atoms with Crippen molar-refractivity contribution in [2.75, 3.05) is 14.2 Å². The number of hydrogen-bond acceptors (Lipinski definition) is 4. The van der Waals surface area contributed by atoms with Crippen molar-refractivity contribution in [3.8, 4) is 0 Å². The molecule has 0 aromatic heterocycles. The fourth-order valence-corrected chi connectivity index (χ4v) is 4.02. The maximum atomic E-state index is 11.2. The fraction of sp³-hybridized carbons (Fsp3) is 0.385. The number of allylic oxidation sites excluding steroid dienone is 1. The molecule has 2 aromatic rings. The molecule has 2 fully saturated rings. The van der Waals surface area contributed by atoms with Gasteiger partial charge >= 0.3 is 11.9 Å². The van der Waals surface area contributed by atoms with Gasteiger partial charge in [-0.3, -0.25) is 9.59 Å². The van der Waals surface area contributed by atoms with Crippen LogP contribution in [0.1, 0.15) is 36.8 Å². The number of esters is 2. The number of carbonyl (C=O) groups excluding carboxylic acids is 2. The van der Waals surface area contributed by atoms with Crippen molar-refractivity contribution in [3.05, 3.63) is 77.4 Å². The SMILES string of the molecule is COC(=O)C1CC(=Cc2ccccc2)C1.COC(=O)C1CC(Cc2ccccc2)C1. The molecule has 0 spiro atoms. The smallest absolute Gasteiger partial charge is 0.309 e. The van der Waals surface area contributed by atoms with Gasteiger partial charge in [0, 0.05) is 0 Å². The molecule has 30 heavy (non-hydrogen) atoms. The number of ether oxygens (including phenoxy) is 2. The lowest BCUT2D eigenvalue weighted by Crippen LogP contribution is -2.32. The number of carbonyl (C=O) groups is 2. The largest absolute Gasteiger partial charge is 0.469 e. The normalized spacial score (nSPS) is 21.8. The summed E-state index contributed by atoms with van der Waals surface area (Å²) < 4.78 is 9.40. The van der Waals surface area contributed by atoms with Crippen LogP contribution in [0, 0.1) is 17.8 Å².